The Balaban J connectivity index is 3.22. The Bertz CT molecular complexity index is 439. The monoisotopic (exact) mass is 454 g/mol. The predicted octanol–water partition coefficient (Wildman–Crippen LogP) is 9.68. The van der Waals surface area contributed by atoms with Gasteiger partial charge in [0.05, 0.1) is 0 Å². The van der Waals surface area contributed by atoms with E-state index < -0.39 is 17.7 Å². The van der Waals surface area contributed by atoms with Crippen LogP contribution >= 0.6 is 0 Å². The van der Waals surface area contributed by atoms with Gasteiger partial charge in [-0.1, -0.05) is 129 Å². The fourth-order valence-corrected chi connectivity index (χ4v) is 3.94. The third-order valence-electron chi connectivity index (χ3n) is 5.82. The summed E-state index contributed by atoms with van der Waals surface area (Å²) in [7, 11) is 0. The molecule has 0 bridgehead atoms. The van der Waals surface area contributed by atoms with Crippen molar-refractivity contribution in [1.82, 2.24) is 0 Å². The van der Waals surface area contributed by atoms with Gasteiger partial charge in [-0.25, -0.2) is 4.79 Å². The molecule has 0 atom stereocenters. The van der Waals surface area contributed by atoms with Crippen molar-refractivity contribution in [1.29, 1.82) is 0 Å². The first-order chi connectivity index (χ1) is 15.3. The molecule has 0 radical (unpaired) electrons. The summed E-state index contributed by atoms with van der Waals surface area (Å²) in [6.45, 7) is 7.52. The van der Waals surface area contributed by atoms with Gasteiger partial charge in [0.25, 0.3) is 0 Å². The molecule has 0 unspecified atom stereocenters. The molecular formula is C28H54O4. The van der Waals surface area contributed by atoms with E-state index in [1.54, 1.807) is 20.8 Å². The van der Waals surface area contributed by atoms with Crippen LogP contribution < -0.4 is 0 Å². The number of carbonyl (C=O) groups is 2. The van der Waals surface area contributed by atoms with Gasteiger partial charge in [0.1, 0.15) is 5.60 Å². The van der Waals surface area contributed by atoms with E-state index in [1.807, 2.05) is 0 Å². The molecule has 190 valence electrons. The highest BCUT2D eigenvalue weighted by molar-refractivity contribution is 5.81. The Morgan fingerprint density at radius 2 is 0.844 bits per heavy atom. The highest BCUT2D eigenvalue weighted by atomic mass is 16.7. The summed E-state index contributed by atoms with van der Waals surface area (Å²) in [6, 6.07) is 0. The molecule has 0 spiro atoms. The van der Waals surface area contributed by atoms with Crippen LogP contribution in [-0.4, -0.2) is 17.7 Å². The Kier molecular flexibility index (Phi) is 21.0. The lowest BCUT2D eigenvalue weighted by atomic mass is 10.0. The number of hydrogen-bond donors (Lipinski definition) is 0. The van der Waals surface area contributed by atoms with Gasteiger partial charge in [-0.15, -0.1) is 0 Å². The van der Waals surface area contributed by atoms with Crippen molar-refractivity contribution < 1.29 is 19.1 Å². The molecule has 0 aromatic rings. The average molecular weight is 455 g/mol. The summed E-state index contributed by atoms with van der Waals surface area (Å²) in [5.41, 5.74) is -0.635. The van der Waals surface area contributed by atoms with Crippen LogP contribution in [0.5, 0.6) is 0 Å². The lowest BCUT2D eigenvalue weighted by Gasteiger charge is -2.18. The summed E-state index contributed by atoms with van der Waals surface area (Å²) < 4.78 is 9.64. The van der Waals surface area contributed by atoms with E-state index in [-0.39, 0.29) is 6.42 Å². The maximum Gasteiger partial charge on any atom is 0.516 e. The Morgan fingerprint density at radius 3 is 1.16 bits per heavy atom. The van der Waals surface area contributed by atoms with Gasteiger partial charge in [-0.3, -0.25) is 4.79 Å². The lowest BCUT2D eigenvalue weighted by molar-refractivity contribution is -0.141. The summed E-state index contributed by atoms with van der Waals surface area (Å²) >= 11 is 0. The van der Waals surface area contributed by atoms with Crippen LogP contribution in [-0.2, 0) is 14.3 Å². The molecule has 0 aliphatic rings. The minimum atomic E-state index is -0.893. The summed E-state index contributed by atoms with van der Waals surface area (Å²) in [6.07, 6.45) is 26.0. The maximum atomic E-state index is 11.6. The second-order valence-electron chi connectivity index (χ2n) is 10.4. The molecule has 0 aliphatic heterocycles. The van der Waals surface area contributed by atoms with E-state index in [2.05, 4.69) is 11.7 Å². The Labute approximate surface area is 199 Å². The lowest BCUT2D eigenvalue weighted by Crippen LogP contribution is -2.26. The van der Waals surface area contributed by atoms with E-state index >= 15 is 0 Å². The minimum absolute atomic E-state index is 0.290. The van der Waals surface area contributed by atoms with Crippen molar-refractivity contribution in [3.63, 3.8) is 0 Å². The molecule has 0 saturated carbocycles. The summed E-state index contributed by atoms with van der Waals surface area (Å²) in [4.78, 5) is 23.0. The van der Waals surface area contributed by atoms with Gasteiger partial charge < -0.3 is 9.47 Å². The Hall–Kier alpha value is -1.06. The van der Waals surface area contributed by atoms with Crippen molar-refractivity contribution in [2.24, 2.45) is 0 Å². The van der Waals surface area contributed by atoms with Crippen LogP contribution in [0, 0.1) is 0 Å². The zero-order chi connectivity index (χ0) is 23.9. The van der Waals surface area contributed by atoms with Crippen LogP contribution in [0.1, 0.15) is 163 Å². The molecule has 4 heteroatoms. The molecule has 0 N–H and O–H groups in total. The van der Waals surface area contributed by atoms with Crippen LogP contribution in [0.3, 0.4) is 0 Å². The zero-order valence-electron chi connectivity index (χ0n) is 22.0. The largest absolute Gasteiger partial charge is 0.516 e. The second-order valence-corrected chi connectivity index (χ2v) is 10.4. The Morgan fingerprint density at radius 1 is 0.531 bits per heavy atom. The van der Waals surface area contributed by atoms with Gasteiger partial charge >= 0.3 is 12.1 Å². The standard InChI is InChI=1S/C28H54O4/c1-5-6-7-8-9-10-11-12-13-14-15-16-17-18-19-20-21-22-23-24-25-26(29)31-27(30)32-28(2,3)4/h5-25H2,1-4H3. The number of rotatable bonds is 21. The number of ether oxygens (including phenoxy) is 2. The van der Waals surface area contributed by atoms with Gasteiger partial charge in [-0.2, -0.15) is 0 Å². The molecular weight excluding hydrogens is 400 g/mol. The van der Waals surface area contributed by atoms with Gasteiger partial charge in [0.2, 0.25) is 0 Å². The van der Waals surface area contributed by atoms with Crippen LogP contribution in [0.4, 0.5) is 4.79 Å². The number of carbonyl (C=O) groups excluding carboxylic acids is 2. The van der Waals surface area contributed by atoms with E-state index in [0.717, 1.165) is 19.3 Å². The molecule has 4 nitrogen and oxygen atoms in total. The number of esters is 1. The molecule has 0 amide bonds. The quantitative estimate of drug-likeness (QED) is 0.0983. The predicted molar refractivity (Wildman–Crippen MR) is 135 cm³/mol. The van der Waals surface area contributed by atoms with Crippen LogP contribution in [0.15, 0.2) is 0 Å². The first-order valence-electron chi connectivity index (χ1n) is 13.8. The smallest absolute Gasteiger partial charge is 0.428 e. The van der Waals surface area contributed by atoms with Crippen LogP contribution in [0.2, 0.25) is 0 Å². The second kappa shape index (κ2) is 21.8. The van der Waals surface area contributed by atoms with Gasteiger partial charge in [0, 0.05) is 6.42 Å². The molecule has 0 rings (SSSR count). The SMILES string of the molecule is CCCCCCCCCCCCCCCCCCCCCCC(=O)OC(=O)OC(C)(C)C. The molecule has 32 heavy (non-hydrogen) atoms. The third kappa shape index (κ3) is 25.2. The average Bonchev–Trinajstić information content (AvgIpc) is 2.70. The highest BCUT2D eigenvalue weighted by Gasteiger charge is 2.19. The number of unbranched alkanes of at least 4 members (excludes halogenated alkanes) is 19. The highest BCUT2D eigenvalue weighted by Crippen LogP contribution is 2.15. The van der Waals surface area contributed by atoms with Crippen molar-refractivity contribution >= 4 is 12.1 Å². The zero-order valence-corrected chi connectivity index (χ0v) is 22.0. The molecule has 0 fully saturated rings. The summed E-state index contributed by atoms with van der Waals surface area (Å²) in [5, 5.41) is 0. The van der Waals surface area contributed by atoms with Crippen molar-refractivity contribution in [2.45, 2.75) is 168 Å². The van der Waals surface area contributed by atoms with Gasteiger partial charge in [-0.05, 0) is 27.2 Å². The summed E-state index contributed by atoms with van der Waals surface area (Å²) in [5.74, 6) is -0.485. The topological polar surface area (TPSA) is 52.6 Å². The maximum absolute atomic E-state index is 11.6. The molecule has 0 aliphatic carbocycles. The van der Waals surface area contributed by atoms with E-state index in [4.69, 9.17) is 4.74 Å². The van der Waals surface area contributed by atoms with Crippen LogP contribution in [0.25, 0.3) is 0 Å². The van der Waals surface area contributed by atoms with E-state index in [0.29, 0.717) is 0 Å². The molecule has 0 aromatic heterocycles. The normalized spacial score (nSPS) is 11.5. The molecule has 0 aromatic carbocycles. The third-order valence-corrected chi connectivity index (χ3v) is 5.82. The fraction of sp³-hybridized carbons (Fsp3) is 0.929. The fourth-order valence-electron chi connectivity index (χ4n) is 3.94. The van der Waals surface area contributed by atoms with Crippen molar-refractivity contribution in [3.05, 3.63) is 0 Å². The van der Waals surface area contributed by atoms with Gasteiger partial charge in [0.15, 0.2) is 0 Å². The van der Waals surface area contributed by atoms with Crippen molar-refractivity contribution in [3.8, 4) is 0 Å². The number of hydrogen-bond acceptors (Lipinski definition) is 4. The van der Waals surface area contributed by atoms with E-state index in [1.165, 1.54) is 109 Å². The first-order valence-corrected chi connectivity index (χ1v) is 13.8. The molecule has 0 saturated heterocycles. The minimum Gasteiger partial charge on any atom is -0.428 e. The molecule has 0 heterocycles. The first kappa shape index (κ1) is 30.9. The van der Waals surface area contributed by atoms with Crippen molar-refractivity contribution in [2.75, 3.05) is 0 Å². The van der Waals surface area contributed by atoms with E-state index in [9.17, 15) is 9.59 Å².